The van der Waals surface area contributed by atoms with Crippen LogP contribution >= 0.6 is 0 Å². The van der Waals surface area contributed by atoms with Crippen LogP contribution in [0.4, 0.5) is 14.5 Å². The van der Waals surface area contributed by atoms with E-state index in [0.717, 1.165) is 43.7 Å². The Morgan fingerprint density at radius 3 is 2.83 bits per heavy atom. The number of nitrogens with one attached hydrogen (secondary N) is 1. The van der Waals surface area contributed by atoms with Crippen molar-refractivity contribution in [2.45, 2.75) is 19.3 Å². The van der Waals surface area contributed by atoms with Crippen LogP contribution in [0.5, 0.6) is 0 Å². The van der Waals surface area contributed by atoms with Gasteiger partial charge in [0.2, 0.25) is 5.91 Å². The van der Waals surface area contributed by atoms with Crippen LogP contribution in [0.3, 0.4) is 0 Å². The van der Waals surface area contributed by atoms with Gasteiger partial charge in [-0.1, -0.05) is 12.2 Å². The third-order valence-electron chi connectivity index (χ3n) is 4.12. The highest BCUT2D eigenvalue weighted by molar-refractivity contribution is 6.01. The van der Waals surface area contributed by atoms with Crippen LogP contribution in [-0.4, -0.2) is 36.2 Å². The molecule has 1 N–H and O–H groups in total. The Hall–Kier alpha value is -2.34. The molecule has 0 saturated heterocycles. The molecule has 2 aliphatic rings. The van der Waals surface area contributed by atoms with E-state index >= 15 is 0 Å². The highest BCUT2D eigenvalue weighted by Gasteiger charge is 2.18. The van der Waals surface area contributed by atoms with E-state index in [0.29, 0.717) is 6.54 Å². The van der Waals surface area contributed by atoms with Crippen molar-refractivity contribution in [3.8, 4) is 0 Å². The minimum atomic E-state index is -0.771. The highest BCUT2D eigenvalue weighted by Crippen LogP contribution is 2.18. The number of halogens is 2. The molecule has 24 heavy (non-hydrogen) atoms. The van der Waals surface area contributed by atoms with Crippen molar-refractivity contribution in [1.82, 2.24) is 4.90 Å². The van der Waals surface area contributed by atoms with Crippen molar-refractivity contribution in [3.05, 3.63) is 53.8 Å². The van der Waals surface area contributed by atoms with Gasteiger partial charge < -0.3 is 5.32 Å². The normalized spacial score (nSPS) is 18.1. The molecule has 0 spiro atoms. The zero-order valence-electron chi connectivity index (χ0n) is 13.3. The van der Waals surface area contributed by atoms with E-state index in [9.17, 15) is 13.6 Å². The largest absolute Gasteiger partial charge is 0.322 e. The zero-order chi connectivity index (χ0) is 16.9. The first-order valence-corrected chi connectivity index (χ1v) is 8.00. The Kier molecular flexibility index (Phi) is 5.15. The molecule has 6 heteroatoms. The van der Waals surface area contributed by atoms with E-state index in [4.69, 9.17) is 0 Å². The predicted octanol–water partition coefficient (Wildman–Crippen LogP) is 3.28. The maximum absolute atomic E-state index is 13.5. The Balaban J connectivity index is 1.53. The lowest BCUT2D eigenvalue weighted by Crippen LogP contribution is -2.37. The summed E-state index contributed by atoms with van der Waals surface area (Å²) in [6.07, 6.45) is 8.84. The van der Waals surface area contributed by atoms with Gasteiger partial charge in [-0.3, -0.25) is 14.7 Å². The molecule has 0 saturated carbocycles. The summed E-state index contributed by atoms with van der Waals surface area (Å²) in [5, 5.41) is 2.48. The lowest BCUT2D eigenvalue weighted by Gasteiger charge is -2.26. The Morgan fingerprint density at radius 2 is 2.17 bits per heavy atom. The number of hydrogen-bond acceptors (Lipinski definition) is 3. The number of anilines is 1. The van der Waals surface area contributed by atoms with Gasteiger partial charge in [0.05, 0.1) is 12.2 Å². The van der Waals surface area contributed by atoms with Gasteiger partial charge in [-0.15, -0.1) is 0 Å². The van der Waals surface area contributed by atoms with E-state index in [1.54, 1.807) is 0 Å². The number of hydrogen-bond donors (Lipinski definition) is 1. The van der Waals surface area contributed by atoms with E-state index in [1.807, 2.05) is 11.1 Å². The van der Waals surface area contributed by atoms with Gasteiger partial charge in [0.15, 0.2) is 0 Å². The molecule has 126 valence electrons. The number of nitrogens with zero attached hydrogens (tertiary/aromatic N) is 2. The zero-order valence-corrected chi connectivity index (χ0v) is 13.3. The fourth-order valence-electron chi connectivity index (χ4n) is 2.85. The number of amides is 1. The first-order chi connectivity index (χ1) is 11.6. The molecule has 0 bridgehead atoms. The van der Waals surface area contributed by atoms with Gasteiger partial charge >= 0.3 is 0 Å². The smallest absolute Gasteiger partial charge is 0.238 e. The van der Waals surface area contributed by atoms with Gasteiger partial charge in [0.1, 0.15) is 11.6 Å². The number of aliphatic imine (C=N–C) groups is 1. The van der Waals surface area contributed by atoms with Gasteiger partial charge in [-0.2, -0.15) is 0 Å². The average molecular weight is 331 g/mol. The molecule has 0 atom stereocenters. The predicted molar refractivity (Wildman–Crippen MR) is 89.9 cm³/mol. The van der Waals surface area contributed by atoms with E-state index in [-0.39, 0.29) is 18.1 Å². The number of allylic oxidation sites excluding steroid dienone is 1. The average Bonchev–Trinajstić information content (AvgIpc) is 2.59. The van der Waals surface area contributed by atoms with Crippen LogP contribution in [0.15, 0.2) is 47.1 Å². The molecule has 1 aromatic rings. The molecule has 4 nitrogen and oxygen atoms in total. The van der Waals surface area contributed by atoms with Gasteiger partial charge in [0.25, 0.3) is 0 Å². The molecular weight excluding hydrogens is 312 g/mol. The van der Waals surface area contributed by atoms with Gasteiger partial charge in [0, 0.05) is 31.1 Å². The van der Waals surface area contributed by atoms with Gasteiger partial charge in [-0.05, 0) is 37.0 Å². The second-order valence-electron chi connectivity index (χ2n) is 5.89. The van der Waals surface area contributed by atoms with Crippen molar-refractivity contribution in [3.63, 3.8) is 0 Å². The van der Waals surface area contributed by atoms with Crippen molar-refractivity contribution in [2.75, 3.05) is 25.0 Å². The SMILES string of the molecule is O=C(CN1CC=C(C2=NC=CCC2)CC1)Nc1ccc(F)cc1F. The van der Waals surface area contributed by atoms with Crippen LogP contribution in [0.1, 0.15) is 19.3 Å². The fraction of sp³-hybridized carbons (Fsp3) is 0.333. The fourth-order valence-corrected chi connectivity index (χ4v) is 2.85. The molecule has 0 radical (unpaired) electrons. The molecule has 0 aromatic heterocycles. The van der Waals surface area contributed by atoms with Crippen molar-refractivity contribution >= 4 is 17.3 Å². The van der Waals surface area contributed by atoms with Crippen molar-refractivity contribution < 1.29 is 13.6 Å². The Labute approximate surface area is 139 Å². The van der Waals surface area contributed by atoms with Crippen molar-refractivity contribution in [1.29, 1.82) is 0 Å². The first-order valence-electron chi connectivity index (χ1n) is 8.00. The van der Waals surface area contributed by atoms with E-state index in [2.05, 4.69) is 22.5 Å². The highest BCUT2D eigenvalue weighted by atomic mass is 19.1. The number of carbonyl (C=O) groups excluding carboxylic acids is 1. The maximum atomic E-state index is 13.5. The number of benzene rings is 1. The van der Waals surface area contributed by atoms with Crippen LogP contribution in [0, 0.1) is 11.6 Å². The van der Waals surface area contributed by atoms with Crippen LogP contribution < -0.4 is 5.32 Å². The second-order valence-corrected chi connectivity index (χ2v) is 5.89. The van der Waals surface area contributed by atoms with Gasteiger partial charge in [-0.25, -0.2) is 8.78 Å². The minimum absolute atomic E-state index is 0.00186. The molecule has 0 aliphatic carbocycles. The lowest BCUT2D eigenvalue weighted by atomic mass is 9.98. The van der Waals surface area contributed by atoms with Crippen LogP contribution in [0.2, 0.25) is 0 Å². The number of rotatable bonds is 4. The standard InChI is InChI=1S/C18H19F2N3O/c19-14-4-5-17(15(20)11-14)22-18(24)12-23-9-6-13(7-10-23)16-3-1-2-8-21-16/h2,4-6,8,11H,1,3,7,9-10,12H2,(H,22,24). The molecule has 2 aliphatic heterocycles. The molecular formula is C18H19F2N3O. The topological polar surface area (TPSA) is 44.7 Å². The monoisotopic (exact) mass is 331 g/mol. The van der Waals surface area contributed by atoms with Crippen LogP contribution in [0.25, 0.3) is 0 Å². The summed E-state index contributed by atoms with van der Waals surface area (Å²) >= 11 is 0. The molecule has 1 aromatic carbocycles. The molecule has 3 rings (SSSR count). The first kappa shape index (κ1) is 16.5. The van der Waals surface area contributed by atoms with Crippen molar-refractivity contribution in [2.24, 2.45) is 4.99 Å². The lowest BCUT2D eigenvalue weighted by molar-refractivity contribution is -0.117. The molecule has 0 fully saturated rings. The summed E-state index contributed by atoms with van der Waals surface area (Å²) in [4.78, 5) is 18.4. The van der Waals surface area contributed by atoms with E-state index in [1.165, 1.54) is 11.6 Å². The second kappa shape index (κ2) is 7.49. The molecule has 2 heterocycles. The summed E-state index contributed by atoms with van der Waals surface area (Å²) in [5.41, 5.74) is 2.38. The van der Waals surface area contributed by atoms with Crippen LogP contribution in [-0.2, 0) is 4.79 Å². The summed E-state index contributed by atoms with van der Waals surface area (Å²) in [6, 6.07) is 3.10. The molecule has 1 amide bonds. The minimum Gasteiger partial charge on any atom is -0.322 e. The summed E-state index contributed by atoms with van der Waals surface area (Å²) in [5.74, 6) is -1.75. The quantitative estimate of drug-likeness (QED) is 0.920. The van der Waals surface area contributed by atoms with E-state index < -0.39 is 11.6 Å². The Morgan fingerprint density at radius 1 is 1.29 bits per heavy atom. The molecule has 0 unspecified atom stereocenters. The summed E-state index contributed by atoms with van der Waals surface area (Å²) < 4.78 is 26.4. The Bertz CT molecular complexity index is 725. The third-order valence-corrected chi connectivity index (χ3v) is 4.12. The summed E-state index contributed by atoms with van der Waals surface area (Å²) in [6.45, 7) is 1.60. The maximum Gasteiger partial charge on any atom is 0.238 e. The summed E-state index contributed by atoms with van der Waals surface area (Å²) in [7, 11) is 0. The third kappa shape index (κ3) is 4.14. The number of carbonyl (C=O) groups is 1.